The monoisotopic (exact) mass is 305 g/mol. The van der Waals surface area contributed by atoms with E-state index in [0.29, 0.717) is 5.75 Å². The Morgan fingerprint density at radius 2 is 2.00 bits per heavy atom. The lowest BCUT2D eigenvalue weighted by molar-refractivity contribution is -0.384. The molecule has 1 amide bonds. The molecular formula is C15H19N3O4. The zero-order valence-corrected chi connectivity index (χ0v) is 12.4. The summed E-state index contributed by atoms with van der Waals surface area (Å²) in [5.41, 5.74) is 3.48. The number of nitro benzene ring substituents is 1. The van der Waals surface area contributed by atoms with Crippen LogP contribution in [0.15, 0.2) is 29.4 Å². The molecule has 7 nitrogen and oxygen atoms in total. The fraction of sp³-hybridized carbons (Fsp3) is 0.467. The van der Waals surface area contributed by atoms with Gasteiger partial charge < -0.3 is 4.74 Å². The second-order valence-electron chi connectivity index (χ2n) is 5.44. The van der Waals surface area contributed by atoms with Gasteiger partial charge in [0.15, 0.2) is 6.61 Å². The number of nitrogens with zero attached hydrogens (tertiary/aromatic N) is 2. The summed E-state index contributed by atoms with van der Waals surface area (Å²) in [6.45, 7) is 2.04. The first kappa shape index (κ1) is 15.9. The lowest BCUT2D eigenvalue weighted by Gasteiger charge is -2.18. The number of nitro groups is 1. The van der Waals surface area contributed by atoms with Crippen molar-refractivity contribution in [1.82, 2.24) is 5.43 Å². The van der Waals surface area contributed by atoms with E-state index < -0.39 is 4.92 Å². The summed E-state index contributed by atoms with van der Waals surface area (Å²) in [5, 5.41) is 14.6. The molecule has 1 aliphatic rings. The second kappa shape index (κ2) is 7.53. The minimum atomic E-state index is -0.488. The molecule has 1 aliphatic carbocycles. The molecule has 7 heteroatoms. The number of hydrogen-bond acceptors (Lipinski definition) is 5. The quantitative estimate of drug-likeness (QED) is 0.668. The van der Waals surface area contributed by atoms with Crippen molar-refractivity contribution < 1.29 is 14.5 Å². The Labute approximate surface area is 128 Å². The van der Waals surface area contributed by atoms with Gasteiger partial charge >= 0.3 is 0 Å². The molecule has 22 heavy (non-hydrogen) atoms. The number of ether oxygens (including phenoxy) is 1. The summed E-state index contributed by atoms with van der Waals surface area (Å²) in [4.78, 5) is 21.7. The highest BCUT2D eigenvalue weighted by Gasteiger charge is 2.13. The Bertz CT molecular complexity index is 559. The molecule has 2 rings (SSSR count). The maximum atomic E-state index is 11.6. The summed E-state index contributed by atoms with van der Waals surface area (Å²) < 4.78 is 5.26. The zero-order chi connectivity index (χ0) is 15.9. The molecule has 0 atom stereocenters. The van der Waals surface area contributed by atoms with Gasteiger partial charge in [0.05, 0.1) is 4.92 Å². The van der Waals surface area contributed by atoms with Gasteiger partial charge in [0.1, 0.15) is 5.75 Å². The highest BCUT2D eigenvalue weighted by molar-refractivity contribution is 5.87. The lowest BCUT2D eigenvalue weighted by atomic mass is 9.90. The van der Waals surface area contributed by atoms with E-state index >= 15 is 0 Å². The van der Waals surface area contributed by atoms with E-state index in [1.54, 1.807) is 0 Å². The van der Waals surface area contributed by atoms with Gasteiger partial charge in [-0.15, -0.1) is 0 Å². The molecule has 0 aliphatic heterocycles. The van der Waals surface area contributed by atoms with E-state index in [9.17, 15) is 14.9 Å². The number of rotatable bonds is 5. The Hall–Kier alpha value is -2.44. The van der Waals surface area contributed by atoms with Crippen LogP contribution in [0.25, 0.3) is 0 Å². The maximum absolute atomic E-state index is 11.6. The third-order valence-corrected chi connectivity index (χ3v) is 3.61. The van der Waals surface area contributed by atoms with Crippen LogP contribution in [0.4, 0.5) is 5.69 Å². The molecule has 0 spiro atoms. The molecule has 1 N–H and O–H groups in total. The van der Waals surface area contributed by atoms with Crippen LogP contribution in [-0.4, -0.2) is 23.1 Å². The smallest absolute Gasteiger partial charge is 0.277 e. The first-order valence-electron chi connectivity index (χ1n) is 7.26. The van der Waals surface area contributed by atoms with Crippen molar-refractivity contribution in [3.8, 4) is 5.75 Å². The Morgan fingerprint density at radius 3 is 2.59 bits per heavy atom. The number of nitrogens with one attached hydrogen (secondary N) is 1. The number of carbonyl (C=O) groups is 1. The topological polar surface area (TPSA) is 93.8 Å². The molecule has 0 saturated heterocycles. The highest BCUT2D eigenvalue weighted by Crippen LogP contribution is 2.21. The molecule has 0 aromatic heterocycles. The Kier molecular flexibility index (Phi) is 5.46. The largest absolute Gasteiger partial charge is 0.484 e. The molecule has 118 valence electrons. The van der Waals surface area contributed by atoms with Crippen molar-refractivity contribution in [1.29, 1.82) is 0 Å². The molecule has 0 bridgehead atoms. The van der Waals surface area contributed by atoms with Crippen LogP contribution in [-0.2, 0) is 4.79 Å². The number of carbonyl (C=O) groups excluding carboxylic acids is 1. The number of hydrazone groups is 1. The predicted octanol–water partition coefficient (Wildman–Crippen LogP) is 2.66. The van der Waals surface area contributed by atoms with Crippen LogP contribution in [0.3, 0.4) is 0 Å². The minimum Gasteiger partial charge on any atom is -0.484 e. The number of non-ortho nitro benzene ring substituents is 1. The van der Waals surface area contributed by atoms with Gasteiger partial charge in [0, 0.05) is 17.8 Å². The summed E-state index contributed by atoms with van der Waals surface area (Å²) in [6, 6.07) is 5.58. The van der Waals surface area contributed by atoms with Crippen LogP contribution < -0.4 is 10.2 Å². The first-order valence-corrected chi connectivity index (χ1v) is 7.26. The molecule has 1 saturated carbocycles. The third-order valence-electron chi connectivity index (χ3n) is 3.61. The van der Waals surface area contributed by atoms with E-state index in [-0.39, 0.29) is 18.2 Å². The first-order chi connectivity index (χ1) is 10.5. The van der Waals surface area contributed by atoms with E-state index in [1.807, 2.05) is 0 Å². The number of hydrogen-bond donors (Lipinski definition) is 1. The third kappa shape index (κ3) is 4.83. The van der Waals surface area contributed by atoms with Gasteiger partial charge in [-0.05, 0) is 43.7 Å². The van der Waals surface area contributed by atoms with E-state index in [2.05, 4.69) is 17.5 Å². The van der Waals surface area contributed by atoms with Crippen molar-refractivity contribution in [3.63, 3.8) is 0 Å². The van der Waals surface area contributed by atoms with Crippen LogP contribution in [0.2, 0.25) is 0 Å². The van der Waals surface area contributed by atoms with Crippen molar-refractivity contribution >= 4 is 17.3 Å². The van der Waals surface area contributed by atoms with Gasteiger partial charge in [-0.25, -0.2) is 5.43 Å². The molecule has 0 heterocycles. The van der Waals surface area contributed by atoms with Crippen molar-refractivity contribution in [2.45, 2.75) is 32.6 Å². The van der Waals surface area contributed by atoms with Crippen molar-refractivity contribution in [2.75, 3.05) is 6.61 Å². The summed E-state index contributed by atoms with van der Waals surface area (Å²) in [5.74, 6) is 0.782. The van der Waals surface area contributed by atoms with Gasteiger partial charge in [0.25, 0.3) is 11.6 Å². The van der Waals surface area contributed by atoms with Crippen molar-refractivity contribution in [3.05, 3.63) is 34.4 Å². The van der Waals surface area contributed by atoms with Crippen LogP contribution in [0.5, 0.6) is 5.75 Å². The van der Waals surface area contributed by atoms with Crippen LogP contribution >= 0.6 is 0 Å². The molecule has 1 aromatic rings. The number of amides is 1. The Morgan fingerprint density at radius 1 is 1.36 bits per heavy atom. The molecule has 0 radical (unpaired) electrons. The van der Waals surface area contributed by atoms with Gasteiger partial charge in [0.2, 0.25) is 0 Å². The van der Waals surface area contributed by atoms with E-state index in [1.165, 1.54) is 24.3 Å². The fourth-order valence-electron chi connectivity index (χ4n) is 2.19. The van der Waals surface area contributed by atoms with E-state index in [4.69, 9.17) is 4.74 Å². The van der Waals surface area contributed by atoms with Gasteiger partial charge in [-0.1, -0.05) is 6.92 Å². The number of benzene rings is 1. The maximum Gasteiger partial charge on any atom is 0.277 e. The summed E-state index contributed by atoms with van der Waals surface area (Å²) in [6.07, 6.45) is 4.05. The average Bonchev–Trinajstić information content (AvgIpc) is 2.52. The Balaban J connectivity index is 1.75. The van der Waals surface area contributed by atoms with Gasteiger partial charge in [-0.2, -0.15) is 5.10 Å². The minimum absolute atomic E-state index is 0.0188. The zero-order valence-electron chi connectivity index (χ0n) is 12.4. The molecule has 1 aromatic carbocycles. The van der Waals surface area contributed by atoms with Crippen LogP contribution in [0, 0.1) is 16.0 Å². The molecular weight excluding hydrogens is 286 g/mol. The van der Waals surface area contributed by atoms with Gasteiger partial charge in [-0.3, -0.25) is 14.9 Å². The lowest BCUT2D eigenvalue weighted by Crippen LogP contribution is -2.26. The standard InChI is InChI=1S/C15H19N3O4/c1-11-2-4-12(5-3-11)16-17-15(19)10-22-14-8-6-13(7-9-14)18(20)21/h6-9,11H,2-5,10H2,1H3,(H,17,19). The summed E-state index contributed by atoms with van der Waals surface area (Å²) in [7, 11) is 0. The average molecular weight is 305 g/mol. The van der Waals surface area contributed by atoms with Crippen molar-refractivity contribution in [2.24, 2.45) is 11.0 Å². The summed E-state index contributed by atoms with van der Waals surface area (Å²) >= 11 is 0. The SMILES string of the molecule is CC1CCC(=NNC(=O)COc2ccc([N+](=O)[O-])cc2)CC1. The highest BCUT2D eigenvalue weighted by atomic mass is 16.6. The predicted molar refractivity (Wildman–Crippen MR) is 81.8 cm³/mol. The molecule has 1 fully saturated rings. The molecule has 0 unspecified atom stereocenters. The second-order valence-corrected chi connectivity index (χ2v) is 5.44. The normalized spacial score (nSPS) is 17.7. The van der Waals surface area contributed by atoms with E-state index in [0.717, 1.165) is 37.3 Å². The fourth-order valence-corrected chi connectivity index (χ4v) is 2.19. The van der Waals surface area contributed by atoms with Crippen LogP contribution in [0.1, 0.15) is 32.6 Å².